The number of halogens is 1. The summed E-state index contributed by atoms with van der Waals surface area (Å²) in [5, 5.41) is 0.323. The highest BCUT2D eigenvalue weighted by Crippen LogP contribution is 2.23. The number of carbonyl (C=O) groups is 1. The van der Waals surface area contributed by atoms with Crippen molar-refractivity contribution in [2.45, 2.75) is 0 Å². The molecule has 0 saturated carbocycles. The van der Waals surface area contributed by atoms with Crippen molar-refractivity contribution in [3.05, 3.63) is 58.9 Å². The number of benzene rings is 1. The van der Waals surface area contributed by atoms with Crippen LogP contribution in [0.3, 0.4) is 0 Å². The monoisotopic (exact) mass is 291 g/mol. The number of hydrogen-bond donors (Lipinski definition) is 0. The van der Waals surface area contributed by atoms with Crippen LogP contribution in [0.5, 0.6) is 5.75 Å². The zero-order chi connectivity index (χ0) is 14.4. The molecular formula is C15H14ClNO3. The van der Waals surface area contributed by atoms with Gasteiger partial charge in [-0.15, -0.1) is 0 Å². The van der Waals surface area contributed by atoms with E-state index in [4.69, 9.17) is 21.1 Å². The van der Waals surface area contributed by atoms with Gasteiger partial charge in [-0.2, -0.15) is 0 Å². The summed E-state index contributed by atoms with van der Waals surface area (Å²) in [6.07, 6.45) is 1.54. The summed E-state index contributed by atoms with van der Waals surface area (Å²) >= 11 is 6.00. The molecular weight excluding hydrogens is 278 g/mol. The Bertz CT molecular complexity index is 601. The fourth-order valence-electron chi connectivity index (χ4n) is 1.70. The first-order chi connectivity index (χ1) is 9.74. The van der Waals surface area contributed by atoms with Crippen LogP contribution in [0.1, 0.15) is 16.1 Å². The average Bonchev–Trinajstić information content (AvgIpc) is 2.48. The lowest BCUT2D eigenvalue weighted by atomic mass is 10.1. The van der Waals surface area contributed by atoms with Crippen LogP contribution in [-0.4, -0.2) is 31.1 Å². The molecule has 5 heteroatoms. The minimum absolute atomic E-state index is 0.219. The van der Waals surface area contributed by atoms with Crippen LogP contribution < -0.4 is 4.74 Å². The summed E-state index contributed by atoms with van der Waals surface area (Å²) in [5.74, 6) is 0.236. The molecule has 1 aromatic heterocycles. The number of methoxy groups -OCH3 is 1. The molecule has 104 valence electrons. The highest BCUT2D eigenvalue weighted by molar-refractivity contribution is 6.34. The normalized spacial score (nSPS) is 10.3. The van der Waals surface area contributed by atoms with Crippen LogP contribution in [0.15, 0.2) is 42.6 Å². The molecule has 0 atom stereocenters. The quantitative estimate of drug-likeness (QED) is 0.606. The standard InChI is InChI=1S/C15H14ClNO3/c1-19-9-10-20-13-7-3-2-5-11(13)15(18)14-12(16)6-4-8-17-14/h2-8H,9-10H2,1H3. The molecule has 0 spiro atoms. The van der Waals surface area contributed by atoms with Crippen LogP contribution in [-0.2, 0) is 4.74 Å². The first kappa shape index (κ1) is 14.5. The molecule has 0 amide bonds. The van der Waals surface area contributed by atoms with E-state index < -0.39 is 0 Å². The Morgan fingerprint density at radius 2 is 2.00 bits per heavy atom. The van der Waals surface area contributed by atoms with Crippen molar-refractivity contribution in [2.24, 2.45) is 0 Å². The second-order valence-corrected chi connectivity index (χ2v) is 4.41. The van der Waals surface area contributed by atoms with E-state index in [-0.39, 0.29) is 11.5 Å². The second kappa shape index (κ2) is 7.03. The first-order valence-corrected chi connectivity index (χ1v) is 6.48. The Balaban J connectivity index is 2.28. The number of ketones is 1. The molecule has 0 aliphatic heterocycles. The topological polar surface area (TPSA) is 48.4 Å². The fourth-order valence-corrected chi connectivity index (χ4v) is 1.90. The van der Waals surface area contributed by atoms with Gasteiger partial charge in [-0.3, -0.25) is 9.78 Å². The molecule has 0 bridgehead atoms. The van der Waals surface area contributed by atoms with Crippen LogP contribution >= 0.6 is 11.6 Å². The molecule has 0 unspecified atom stereocenters. The molecule has 0 aliphatic rings. The lowest BCUT2D eigenvalue weighted by Gasteiger charge is -2.10. The van der Waals surface area contributed by atoms with Crippen molar-refractivity contribution < 1.29 is 14.3 Å². The van der Waals surface area contributed by atoms with E-state index in [1.807, 2.05) is 0 Å². The summed E-state index contributed by atoms with van der Waals surface area (Å²) in [6.45, 7) is 0.823. The van der Waals surface area contributed by atoms with Gasteiger partial charge in [0, 0.05) is 13.3 Å². The van der Waals surface area contributed by atoms with Crippen molar-refractivity contribution in [1.29, 1.82) is 0 Å². The van der Waals surface area contributed by atoms with Gasteiger partial charge in [0.25, 0.3) is 0 Å². The van der Waals surface area contributed by atoms with Gasteiger partial charge in [0.1, 0.15) is 18.1 Å². The van der Waals surface area contributed by atoms with E-state index in [1.54, 1.807) is 43.5 Å². The summed E-state index contributed by atoms with van der Waals surface area (Å²) in [6, 6.07) is 10.3. The summed E-state index contributed by atoms with van der Waals surface area (Å²) in [5.41, 5.74) is 0.654. The van der Waals surface area contributed by atoms with Gasteiger partial charge in [0.15, 0.2) is 0 Å². The molecule has 0 aliphatic carbocycles. The van der Waals surface area contributed by atoms with Crippen molar-refractivity contribution >= 4 is 17.4 Å². The van der Waals surface area contributed by atoms with Crippen molar-refractivity contribution in [3.63, 3.8) is 0 Å². The zero-order valence-corrected chi connectivity index (χ0v) is 11.8. The maximum atomic E-state index is 12.5. The fraction of sp³-hybridized carbons (Fsp3) is 0.200. The average molecular weight is 292 g/mol. The van der Waals surface area contributed by atoms with Crippen LogP contribution in [0.25, 0.3) is 0 Å². The predicted molar refractivity (Wildman–Crippen MR) is 76.5 cm³/mol. The van der Waals surface area contributed by atoms with Crippen LogP contribution in [0.2, 0.25) is 5.02 Å². The number of aromatic nitrogens is 1. The number of para-hydroxylation sites is 1. The molecule has 0 saturated heterocycles. The van der Waals surface area contributed by atoms with Crippen LogP contribution in [0, 0.1) is 0 Å². The van der Waals surface area contributed by atoms with E-state index in [9.17, 15) is 4.79 Å². The van der Waals surface area contributed by atoms with Gasteiger partial charge in [0.05, 0.1) is 17.2 Å². The minimum Gasteiger partial charge on any atom is -0.490 e. The molecule has 0 radical (unpaired) electrons. The maximum Gasteiger partial charge on any atom is 0.216 e. The minimum atomic E-state index is -0.261. The Labute approximate surface area is 122 Å². The molecule has 1 aromatic carbocycles. The molecule has 2 aromatic rings. The third-order valence-corrected chi connectivity index (χ3v) is 2.96. The number of rotatable bonds is 6. The van der Waals surface area contributed by atoms with E-state index in [0.29, 0.717) is 29.5 Å². The highest BCUT2D eigenvalue weighted by atomic mass is 35.5. The molecule has 4 nitrogen and oxygen atoms in total. The van der Waals surface area contributed by atoms with Gasteiger partial charge in [-0.05, 0) is 24.3 Å². The molecule has 20 heavy (non-hydrogen) atoms. The maximum absolute atomic E-state index is 12.5. The van der Waals surface area contributed by atoms with E-state index in [1.165, 1.54) is 6.20 Å². The number of hydrogen-bond acceptors (Lipinski definition) is 4. The summed E-state index contributed by atoms with van der Waals surface area (Å²) < 4.78 is 10.5. The van der Waals surface area contributed by atoms with Gasteiger partial charge in [0.2, 0.25) is 5.78 Å². The van der Waals surface area contributed by atoms with Gasteiger partial charge in [-0.1, -0.05) is 23.7 Å². The van der Waals surface area contributed by atoms with E-state index >= 15 is 0 Å². The molecule has 0 fully saturated rings. The summed E-state index contributed by atoms with van der Waals surface area (Å²) in [7, 11) is 1.59. The third kappa shape index (κ3) is 3.35. The van der Waals surface area contributed by atoms with E-state index in [0.717, 1.165) is 0 Å². The van der Waals surface area contributed by atoms with Gasteiger partial charge in [-0.25, -0.2) is 0 Å². The van der Waals surface area contributed by atoms with Crippen molar-refractivity contribution in [2.75, 3.05) is 20.3 Å². The number of ether oxygens (including phenoxy) is 2. The molecule has 0 N–H and O–H groups in total. The SMILES string of the molecule is COCCOc1ccccc1C(=O)c1ncccc1Cl. The lowest BCUT2D eigenvalue weighted by molar-refractivity contribution is 0.102. The Morgan fingerprint density at radius 1 is 1.20 bits per heavy atom. The van der Waals surface area contributed by atoms with E-state index in [2.05, 4.69) is 4.98 Å². The molecule has 2 rings (SSSR count). The molecule has 1 heterocycles. The smallest absolute Gasteiger partial charge is 0.216 e. The number of nitrogens with zero attached hydrogens (tertiary/aromatic N) is 1. The highest BCUT2D eigenvalue weighted by Gasteiger charge is 2.18. The van der Waals surface area contributed by atoms with Crippen LogP contribution in [0.4, 0.5) is 0 Å². The largest absolute Gasteiger partial charge is 0.490 e. The predicted octanol–water partition coefficient (Wildman–Crippen LogP) is 2.99. The lowest BCUT2D eigenvalue weighted by Crippen LogP contribution is -2.10. The van der Waals surface area contributed by atoms with Crippen molar-refractivity contribution in [3.8, 4) is 5.75 Å². The zero-order valence-electron chi connectivity index (χ0n) is 11.0. The Morgan fingerprint density at radius 3 is 2.75 bits per heavy atom. The number of pyridine rings is 1. The Hall–Kier alpha value is -1.91. The second-order valence-electron chi connectivity index (χ2n) is 4.00. The van der Waals surface area contributed by atoms with Gasteiger partial charge >= 0.3 is 0 Å². The van der Waals surface area contributed by atoms with Gasteiger partial charge < -0.3 is 9.47 Å². The van der Waals surface area contributed by atoms with Crippen molar-refractivity contribution in [1.82, 2.24) is 4.98 Å². The first-order valence-electron chi connectivity index (χ1n) is 6.10. The third-order valence-electron chi connectivity index (χ3n) is 2.65. The number of carbonyl (C=O) groups excluding carboxylic acids is 1. The summed E-state index contributed by atoms with van der Waals surface area (Å²) in [4.78, 5) is 16.5. The Kier molecular flexibility index (Phi) is 5.09.